The predicted molar refractivity (Wildman–Crippen MR) is 59.9 cm³/mol. The van der Waals surface area contributed by atoms with Gasteiger partial charge in [-0.2, -0.15) is 13.2 Å². The average Bonchev–Trinajstić information content (AvgIpc) is 2.24. The molecule has 0 aliphatic heterocycles. The van der Waals surface area contributed by atoms with Gasteiger partial charge in [0.05, 0.1) is 12.2 Å². The fraction of sp³-hybridized carbons (Fsp3) is 0.300. The second-order valence-corrected chi connectivity index (χ2v) is 3.58. The van der Waals surface area contributed by atoms with Gasteiger partial charge in [-0.25, -0.2) is 0 Å². The highest BCUT2D eigenvalue weighted by Gasteiger charge is 2.34. The molecule has 0 atom stereocenters. The van der Waals surface area contributed by atoms with E-state index < -0.39 is 11.7 Å². The minimum atomic E-state index is -4.52. The second-order valence-electron chi connectivity index (χ2n) is 3.14. The zero-order chi connectivity index (χ0) is 13.1. The molecule has 0 saturated heterocycles. The maximum absolute atomic E-state index is 12.6. The minimum Gasteiger partial charge on any atom is -0.491 e. The Kier molecular flexibility index (Phi) is 4.30. The fourth-order valence-corrected chi connectivity index (χ4v) is 1.40. The van der Waals surface area contributed by atoms with Crippen molar-refractivity contribution in [2.45, 2.75) is 6.18 Å². The lowest BCUT2D eigenvalue weighted by Crippen LogP contribution is -2.18. The maximum atomic E-state index is 12.6. The van der Waals surface area contributed by atoms with Gasteiger partial charge in [0.2, 0.25) is 0 Å². The first-order valence-electron chi connectivity index (χ1n) is 4.61. The molecule has 3 nitrogen and oxygen atoms in total. The van der Waals surface area contributed by atoms with E-state index in [9.17, 15) is 13.2 Å². The second kappa shape index (κ2) is 5.33. The Morgan fingerprint density at radius 2 is 2.06 bits per heavy atom. The van der Waals surface area contributed by atoms with Crippen molar-refractivity contribution in [1.29, 1.82) is 0 Å². The predicted octanol–water partition coefficient (Wildman–Crippen LogP) is 1.71. The summed E-state index contributed by atoms with van der Waals surface area (Å²) >= 11 is 4.56. The number of halogens is 3. The molecule has 3 N–H and O–H groups in total. The monoisotopic (exact) mass is 265 g/mol. The summed E-state index contributed by atoms with van der Waals surface area (Å²) in [5.74, 6) is 0.176. The largest absolute Gasteiger partial charge is 0.491 e. The summed E-state index contributed by atoms with van der Waals surface area (Å²) in [5, 5.41) is 8.53. The number of hydrogen-bond donors (Lipinski definition) is 2. The summed E-state index contributed by atoms with van der Waals surface area (Å²) in [7, 11) is 0. The number of hydrogen-bond acceptors (Lipinski definition) is 3. The smallest absolute Gasteiger partial charge is 0.417 e. The number of alkyl halides is 3. The molecule has 0 fully saturated rings. The van der Waals surface area contributed by atoms with E-state index in [4.69, 9.17) is 15.6 Å². The van der Waals surface area contributed by atoms with Crippen LogP contribution in [-0.2, 0) is 6.18 Å². The Morgan fingerprint density at radius 3 is 2.53 bits per heavy atom. The molecule has 94 valence electrons. The third-order valence-electron chi connectivity index (χ3n) is 1.92. The topological polar surface area (TPSA) is 55.5 Å². The van der Waals surface area contributed by atoms with Crippen molar-refractivity contribution in [3.8, 4) is 5.75 Å². The Labute approximate surface area is 101 Å². The highest BCUT2D eigenvalue weighted by atomic mass is 32.1. The summed E-state index contributed by atoms with van der Waals surface area (Å²) in [5.41, 5.74) is 4.04. The van der Waals surface area contributed by atoms with Gasteiger partial charge in [-0.15, -0.1) is 0 Å². The first-order valence-corrected chi connectivity index (χ1v) is 5.02. The van der Waals surface area contributed by atoms with Gasteiger partial charge >= 0.3 is 6.18 Å². The molecule has 1 aromatic rings. The van der Waals surface area contributed by atoms with Crippen molar-refractivity contribution >= 4 is 17.2 Å². The number of rotatable bonds is 4. The average molecular weight is 265 g/mol. The van der Waals surface area contributed by atoms with Crippen LogP contribution in [-0.4, -0.2) is 23.3 Å². The van der Waals surface area contributed by atoms with Crippen molar-refractivity contribution in [2.75, 3.05) is 13.2 Å². The molecule has 17 heavy (non-hydrogen) atoms. The third-order valence-corrected chi connectivity index (χ3v) is 2.14. The van der Waals surface area contributed by atoms with Crippen LogP contribution in [0.3, 0.4) is 0 Å². The number of ether oxygens (including phenoxy) is 1. The minimum absolute atomic E-state index is 0.0118. The molecule has 0 bridgehead atoms. The van der Waals surface area contributed by atoms with Gasteiger partial charge in [-0.1, -0.05) is 12.2 Å². The maximum Gasteiger partial charge on any atom is 0.417 e. The Balaban J connectivity index is 3.13. The van der Waals surface area contributed by atoms with Crippen molar-refractivity contribution < 1.29 is 23.0 Å². The molecule has 0 aliphatic rings. The van der Waals surface area contributed by atoms with E-state index in [1.807, 2.05) is 0 Å². The Morgan fingerprint density at radius 1 is 1.41 bits per heavy atom. The molecular weight excluding hydrogens is 255 g/mol. The summed E-state index contributed by atoms with van der Waals surface area (Å²) in [6.45, 7) is -0.244. The molecular formula is C10H10F3NO2S. The van der Waals surface area contributed by atoms with Crippen molar-refractivity contribution in [1.82, 2.24) is 0 Å². The number of aliphatic hydroxyl groups is 1. The van der Waals surface area contributed by atoms with Crippen LogP contribution in [0.1, 0.15) is 11.1 Å². The van der Waals surface area contributed by atoms with Crippen LogP contribution in [0.4, 0.5) is 13.2 Å². The van der Waals surface area contributed by atoms with E-state index in [1.54, 1.807) is 0 Å². The molecule has 0 unspecified atom stereocenters. The lowest BCUT2D eigenvalue weighted by Gasteiger charge is -2.13. The normalized spacial score (nSPS) is 11.3. The number of benzene rings is 1. The highest BCUT2D eigenvalue weighted by Crippen LogP contribution is 2.33. The van der Waals surface area contributed by atoms with Crippen molar-refractivity contribution in [3.05, 3.63) is 29.3 Å². The van der Waals surface area contributed by atoms with Gasteiger partial charge < -0.3 is 15.6 Å². The van der Waals surface area contributed by atoms with Gasteiger partial charge in [-0.05, 0) is 18.2 Å². The van der Waals surface area contributed by atoms with Crippen molar-refractivity contribution in [2.24, 2.45) is 5.73 Å². The standard InChI is InChI=1S/C10H10F3NO2S/c11-10(12,13)8-2-1-6(16-4-3-15)5-7(8)9(14)17/h1-2,5,15H,3-4H2,(H2,14,17). The first-order chi connectivity index (χ1) is 7.86. The molecule has 7 heteroatoms. The molecule has 0 heterocycles. The van der Waals surface area contributed by atoms with E-state index in [1.165, 1.54) is 0 Å². The third kappa shape index (κ3) is 3.57. The summed E-state index contributed by atoms with van der Waals surface area (Å²) in [4.78, 5) is -0.355. The SMILES string of the molecule is NC(=S)c1cc(OCCO)ccc1C(F)(F)F. The fourth-order valence-electron chi connectivity index (χ4n) is 1.23. The quantitative estimate of drug-likeness (QED) is 0.814. The van der Waals surface area contributed by atoms with Crippen LogP contribution >= 0.6 is 12.2 Å². The lowest BCUT2D eigenvalue weighted by molar-refractivity contribution is -0.137. The summed E-state index contributed by atoms with van der Waals surface area (Å²) < 4.78 is 42.8. The molecule has 0 aliphatic carbocycles. The van der Waals surface area contributed by atoms with Crippen LogP contribution in [0.15, 0.2) is 18.2 Å². The highest BCUT2D eigenvalue weighted by molar-refractivity contribution is 7.80. The molecule has 0 spiro atoms. The Hall–Kier alpha value is -1.34. The molecule has 0 amide bonds. The van der Waals surface area contributed by atoms with E-state index in [2.05, 4.69) is 12.2 Å². The van der Waals surface area contributed by atoms with Gasteiger partial charge in [0, 0.05) is 5.56 Å². The molecule has 0 radical (unpaired) electrons. The molecule has 0 aromatic heterocycles. The van der Waals surface area contributed by atoms with Crippen LogP contribution in [0.2, 0.25) is 0 Å². The Bertz CT molecular complexity index is 421. The van der Waals surface area contributed by atoms with E-state index >= 15 is 0 Å². The first kappa shape index (κ1) is 13.7. The van der Waals surface area contributed by atoms with Crippen LogP contribution < -0.4 is 10.5 Å². The molecule has 0 saturated carbocycles. The molecule has 1 aromatic carbocycles. The summed E-state index contributed by atoms with van der Waals surface area (Å²) in [6, 6.07) is 3.11. The zero-order valence-electron chi connectivity index (χ0n) is 8.62. The van der Waals surface area contributed by atoms with E-state index in [0.29, 0.717) is 0 Å². The van der Waals surface area contributed by atoms with Gasteiger partial charge in [0.15, 0.2) is 0 Å². The van der Waals surface area contributed by atoms with Crippen LogP contribution in [0.25, 0.3) is 0 Å². The van der Waals surface area contributed by atoms with Crippen LogP contribution in [0, 0.1) is 0 Å². The number of aliphatic hydroxyl groups excluding tert-OH is 1. The zero-order valence-corrected chi connectivity index (χ0v) is 9.44. The molecule has 1 rings (SSSR count). The van der Waals surface area contributed by atoms with Crippen molar-refractivity contribution in [3.63, 3.8) is 0 Å². The van der Waals surface area contributed by atoms with Gasteiger partial charge in [-0.3, -0.25) is 0 Å². The summed E-state index contributed by atoms with van der Waals surface area (Å²) in [6.07, 6.45) is -4.52. The van der Waals surface area contributed by atoms with E-state index in [0.717, 1.165) is 18.2 Å². The van der Waals surface area contributed by atoms with E-state index in [-0.39, 0.29) is 29.5 Å². The van der Waals surface area contributed by atoms with Crippen LogP contribution in [0.5, 0.6) is 5.75 Å². The lowest BCUT2D eigenvalue weighted by atomic mass is 10.1. The van der Waals surface area contributed by atoms with Gasteiger partial charge in [0.25, 0.3) is 0 Å². The number of nitrogens with two attached hydrogens (primary N) is 1. The van der Waals surface area contributed by atoms with Gasteiger partial charge in [0.1, 0.15) is 17.3 Å². The number of thiocarbonyl (C=S) groups is 1.